The van der Waals surface area contributed by atoms with Crippen LogP contribution in [0, 0.1) is 5.92 Å². The third-order valence-corrected chi connectivity index (χ3v) is 4.45. The van der Waals surface area contributed by atoms with Crippen molar-refractivity contribution in [3.63, 3.8) is 0 Å². The Morgan fingerprint density at radius 1 is 1.37 bits per heavy atom. The van der Waals surface area contributed by atoms with Gasteiger partial charge in [0.25, 0.3) is 0 Å². The average molecular weight is 371 g/mol. The smallest absolute Gasteiger partial charge is 0.407 e. The average Bonchev–Trinajstić information content (AvgIpc) is 3.02. The lowest BCUT2D eigenvalue weighted by Crippen LogP contribution is -2.37. The lowest BCUT2D eigenvalue weighted by atomic mass is 9.98. The normalized spacial score (nSPS) is 16.5. The number of benzene rings is 1. The number of hydrogen-bond donors (Lipinski definition) is 2. The van der Waals surface area contributed by atoms with E-state index in [-0.39, 0.29) is 5.56 Å². The minimum Gasteiger partial charge on any atom is -0.478 e. The molecule has 2 heterocycles. The van der Waals surface area contributed by atoms with Gasteiger partial charge in [0.1, 0.15) is 11.4 Å². The van der Waals surface area contributed by atoms with E-state index in [2.05, 4.69) is 14.9 Å². The topological polar surface area (TPSA) is 93.5 Å². The summed E-state index contributed by atoms with van der Waals surface area (Å²) in [4.78, 5) is 27.7. The summed E-state index contributed by atoms with van der Waals surface area (Å²) in [6.07, 6.45) is 3.26. The fourth-order valence-corrected chi connectivity index (χ4v) is 3.16. The number of carbonyl (C=O) groups is 2. The van der Waals surface area contributed by atoms with Crippen molar-refractivity contribution < 1.29 is 19.4 Å². The Labute approximate surface area is 158 Å². The molecule has 144 valence electrons. The summed E-state index contributed by atoms with van der Waals surface area (Å²) in [6, 6.07) is 6.80. The molecule has 1 aromatic carbocycles. The van der Waals surface area contributed by atoms with Crippen molar-refractivity contribution in [2.24, 2.45) is 5.92 Å². The van der Waals surface area contributed by atoms with Crippen LogP contribution >= 0.6 is 0 Å². The van der Waals surface area contributed by atoms with Gasteiger partial charge in [0.2, 0.25) is 0 Å². The van der Waals surface area contributed by atoms with Gasteiger partial charge in [-0.3, -0.25) is 0 Å². The molecule has 0 saturated heterocycles. The standard InChI is InChI=1S/C20H25N3O4/c1-20(2,3)27-19(26)21-11-13-7-8-23-12-16(22-17(23)9-13)14-5-4-6-15(10-14)18(24)25/h4-6,10,12-13H,7-9,11H2,1-3H3,(H,21,26)(H,24,25). The van der Waals surface area contributed by atoms with Crippen LogP contribution in [0.25, 0.3) is 11.3 Å². The van der Waals surface area contributed by atoms with Crippen molar-refractivity contribution in [3.8, 4) is 11.3 Å². The molecule has 0 radical (unpaired) electrons. The number of carboxylic acid groups (broad SMARTS) is 1. The Bertz CT molecular complexity index is 851. The van der Waals surface area contributed by atoms with E-state index in [0.717, 1.165) is 36.5 Å². The van der Waals surface area contributed by atoms with Crippen LogP contribution in [-0.4, -0.2) is 38.9 Å². The highest BCUT2D eigenvalue weighted by molar-refractivity contribution is 5.89. The van der Waals surface area contributed by atoms with E-state index in [9.17, 15) is 9.59 Å². The number of rotatable bonds is 4. The summed E-state index contributed by atoms with van der Waals surface area (Å²) in [6.45, 7) is 6.88. The van der Waals surface area contributed by atoms with Crippen molar-refractivity contribution in [1.29, 1.82) is 0 Å². The zero-order valence-electron chi connectivity index (χ0n) is 15.9. The number of ether oxygens (including phenoxy) is 1. The Balaban J connectivity index is 1.65. The van der Waals surface area contributed by atoms with E-state index in [1.165, 1.54) is 0 Å². The monoisotopic (exact) mass is 371 g/mol. The highest BCUT2D eigenvalue weighted by Crippen LogP contribution is 2.25. The van der Waals surface area contributed by atoms with Gasteiger partial charge in [-0.05, 0) is 45.2 Å². The predicted octanol–water partition coefficient (Wildman–Crippen LogP) is 3.34. The van der Waals surface area contributed by atoms with E-state index in [4.69, 9.17) is 9.84 Å². The number of aryl methyl sites for hydroxylation is 1. The van der Waals surface area contributed by atoms with Gasteiger partial charge in [-0.1, -0.05) is 12.1 Å². The number of carbonyl (C=O) groups excluding carboxylic acids is 1. The van der Waals surface area contributed by atoms with Crippen molar-refractivity contribution in [2.75, 3.05) is 6.54 Å². The molecular weight excluding hydrogens is 346 g/mol. The van der Waals surface area contributed by atoms with Gasteiger partial charge < -0.3 is 19.7 Å². The van der Waals surface area contributed by atoms with Crippen LogP contribution in [0.1, 0.15) is 43.4 Å². The first-order valence-corrected chi connectivity index (χ1v) is 9.08. The molecule has 1 amide bonds. The number of aromatic carboxylic acids is 1. The van der Waals surface area contributed by atoms with Gasteiger partial charge in [-0.25, -0.2) is 14.6 Å². The fourth-order valence-electron chi connectivity index (χ4n) is 3.16. The van der Waals surface area contributed by atoms with Crippen molar-refractivity contribution in [3.05, 3.63) is 41.9 Å². The molecule has 1 unspecified atom stereocenters. The molecule has 2 N–H and O–H groups in total. The zero-order chi connectivity index (χ0) is 19.6. The zero-order valence-corrected chi connectivity index (χ0v) is 15.9. The van der Waals surface area contributed by atoms with Crippen molar-refractivity contribution in [1.82, 2.24) is 14.9 Å². The molecule has 0 aliphatic carbocycles. The number of imidazole rings is 1. The summed E-state index contributed by atoms with van der Waals surface area (Å²) in [7, 11) is 0. The van der Waals surface area contributed by atoms with Gasteiger partial charge >= 0.3 is 12.1 Å². The second kappa shape index (κ2) is 7.42. The van der Waals surface area contributed by atoms with E-state index in [1.54, 1.807) is 18.2 Å². The molecule has 1 aliphatic heterocycles. The lowest BCUT2D eigenvalue weighted by molar-refractivity contribution is 0.0516. The third-order valence-electron chi connectivity index (χ3n) is 4.45. The van der Waals surface area contributed by atoms with Crippen LogP contribution in [0.3, 0.4) is 0 Å². The summed E-state index contributed by atoms with van der Waals surface area (Å²) in [5, 5.41) is 12.0. The molecule has 3 rings (SSSR count). The van der Waals surface area contributed by atoms with Gasteiger partial charge in [-0.2, -0.15) is 0 Å². The maximum absolute atomic E-state index is 11.8. The van der Waals surface area contributed by atoms with Crippen LogP contribution in [0.5, 0.6) is 0 Å². The maximum Gasteiger partial charge on any atom is 0.407 e. The first-order valence-electron chi connectivity index (χ1n) is 9.08. The molecule has 0 spiro atoms. The van der Waals surface area contributed by atoms with E-state index in [0.29, 0.717) is 12.5 Å². The minimum atomic E-state index is -0.950. The summed E-state index contributed by atoms with van der Waals surface area (Å²) in [5.41, 5.74) is 1.30. The molecule has 2 aromatic rings. The van der Waals surface area contributed by atoms with Crippen LogP contribution in [0.4, 0.5) is 4.79 Å². The third kappa shape index (κ3) is 4.87. The van der Waals surface area contributed by atoms with Gasteiger partial charge in [0.15, 0.2) is 0 Å². The van der Waals surface area contributed by atoms with Gasteiger partial charge in [0, 0.05) is 31.3 Å². The first kappa shape index (κ1) is 18.9. The number of fused-ring (bicyclic) bond motifs is 1. The molecule has 1 aromatic heterocycles. The summed E-state index contributed by atoms with van der Waals surface area (Å²) >= 11 is 0. The van der Waals surface area contributed by atoms with E-state index < -0.39 is 17.7 Å². The van der Waals surface area contributed by atoms with Crippen LogP contribution in [0.15, 0.2) is 30.5 Å². The number of aromatic nitrogens is 2. The Morgan fingerprint density at radius 3 is 2.85 bits per heavy atom. The maximum atomic E-state index is 11.8. The number of amides is 1. The number of hydrogen-bond acceptors (Lipinski definition) is 4. The molecule has 7 nitrogen and oxygen atoms in total. The minimum absolute atomic E-state index is 0.248. The van der Waals surface area contributed by atoms with Crippen molar-refractivity contribution >= 4 is 12.1 Å². The number of alkyl carbamates (subject to hydrolysis) is 1. The largest absolute Gasteiger partial charge is 0.478 e. The number of carboxylic acids is 1. The highest BCUT2D eigenvalue weighted by Gasteiger charge is 2.23. The van der Waals surface area contributed by atoms with Crippen LogP contribution in [-0.2, 0) is 17.7 Å². The summed E-state index contributed by atoms with van der Waals surface area (Å²) in [5.74, 6) is 0.299. The SMILES string of the molecule is CC(C)(C)OC(=O)NCC1CCn2cc(-c3cccc(C(=O)O)c3)nc2C1. The van der Waals surface area contributed by atoms with Crippen molar-refractivity contribution in [2.45, 2.75) is 45.8 Å². The Morgan fingerprint density at radius 2 is 2.15 bits per heavy atom. The van der Waals surface area contributed by atoms with E-state index >= 15 is 0 Å². The Hall–Kier alpha value is -2.83. The molecule has 0 fully saturated rings. The predicted molar refractivity (Wildman–Crippen MR) is 101 cm³/mol. The highest BCUT2D eigenvalue weighted by atomic mass is 16.6. The fraction of sp³-hybridized carbons (Fsp3) is 0.450. The molecule has 1 atom stereocenters. The van der Waals surface area contributed by atoms with Gasteiger partial charge in [0.05, 0.1) is 11.3 Å². The van der Waals surface area contributed by atoms with Crippen LogP contribution in [0.2, 0.25) is 0 Å². The molecular formula is C20H25N3O4. The second-order valence-corrected chi connectivity index (χ2v) is 7.86. The molecule has 7 heteroatoms. The quantitative estimate of drug-likeness (QED) is 0.860. The Kier molecular flexibility index (Phi) is 5.21. The second-order valence-electron chi connectivity index (χ2n) is 7.86. The molecule has 0 bridgehead atoms. The van der Waals surface area contributed by atoms with Crippen LogP contribution < -0.4 is 5.32 Å². The first-order chi connectivity index (χ1) is 12.7. The lowest BCUT2D eigenvalue weighted by Gasteiger charge is -2.25. The molecule has 27 heavy (non-hydrogen) atoms. The molecule has 1 aliphatic rings. The molecule has 0 saturated carbocycles. The number of nitrogens with one attached hydrogen (secondary N) is 1. The van der Waals surface area contributed by atoms with E-state index in [1.807, 2.05) is 33.0 Å². The summed E-state index contributed by atoms with van der Waals surface area (Å²) < 4.78 is 7.38. The van der Waals surface area contributed by atoms with Gasteiger partial charge in [-0.15, -0.1) is 0 Å². The number of nitrogens with zero attached hydrogens (tertiary/aromatic N) is 2.